The number of carbonyl (C=O) groups is 1. The van der Waals surface area contributed by atoms with Gasteiger partial charge in [0.25, 0.3) is 0 Å². The fourth-order valence-corrected chi connectivity index (χ4v) is 1.83. The highest BCUT2D eigenvalue weighted by molar-refractivity contribution is 5.45. The summed E-state index contributed by atoms with van der Waals surface area (Å²) >= 11 is 0. The highest BCUT2D eigenvalue weighted by Gasteiger charge is 2.29. The number of carbonyl (C=O) groups excluding carboxylic acids is 1. The van der Waals surface area contributed by atoms with E-state index in [0.717, 1.165) is 49.8 Å². The Morgan fingerprint density at radius 3 is 2.21 bits per heavy atom. The Balaban J connectivity index is 2.21. The summed E-state index contributed by atoms with van der Waals surface area (Å²) in [6.07, 6.45) is 1.13. The van der Waals surface area contributed by atoms with Gasteiger partial charge in [0, 0.05) is 6.54 Å². The minimum absolute atomic E-state index is 0.601. The summed E-state index contributed by atoms with van der Waals surface area (Å²) in [6, 6.07) is 5.33. The number of alkyl halides is 3. The number of aryl methyl sites for hydroxylation is 1. The zero-order valence-electron chi connectivity index (χ0n) is 10.7. The molecule has 5 heteroatoms. The summed E-state index contributed by atoms with van der Waals surface area (Å²) in [5.74, 6) is 0. The third kappa shape index (κ3) is 6.27. The maximum absolute atomic E-state index is 12.3. The molecule has 0 aliphatic rings. The molecule has 0 spiro atoms. The van der Waals surface area contributed by atoms with Crippen molar-refractivity contribution in [1.82, 2.24) is 5.32 Å². The van der Waals surface area contributed by atoms with Crippen LogP contribution in [0.5, 0.6) is 0 Å². The van der Waals surface area contributed by atoms with E-state index in [-0.39, 0.29) is 0 Å². The second-order valence-electron chi connectivity index (χ2n) is 4.43. The van der Waals surface area contributed by atoms with Crippen molar-refractivity contribution in [3.63, 3.8) is 0 Å². The highest BCUT2D eigenvalue weighted by Crippen LogP contribution is 2.29. The smallest absolute Gasteiger partial charge is 0.359 e. The second kappa shape index (κ2) is 7.81. The van der Waals surface area contributed by atoms with Crippen LogP contribution in [0.4, 0.5) is 13.2 Å². The Bertz CT molecular complexity index is 373. The zero-order valence-corrected chi connectivity index (χ0v) is 10.7. The van der Waals surface area contributed by atoms with Crippen LogP contribution in [0.2, 0.25) is 0 Å². The first-order chi connectivity index (χ1) is 9.04. The normalized spacial score (nSPS) is 11.3. The Kier molecular flexibility index (Phi) is 6.39. The Morgan fingerprint density at radius 2 is 1.63 bits per heavy atom. The highest BCUT2D eigenvalue weighted by atomic mass is 19.4. The number of amides is 1. The number of rotatable bonds is 8. The molecule has 1 rings (SSSR count). The molecule has 0 heterocycles. The number of nitrogens with one attached hydrogen (secondary N) is 1. The van der Waals surface area contributed by atoms with Crippen LogP contribution in [0, 0.1) is 0 Å². The quantitative estimate of drug-likeness (QED) is 0.569. The van der Waals surface area contributed by atoms with Gasteiger partial charge >= 0.3 is 6.18 Å². The van der Waals surface area contributed by atoms with E-state index < -0.39 is 11.7 Å². The lowest BCUT2D eigenvalue weighted by atomic mass is 10.0. The van der Waals surface area contributed by atoms with Crippen LogP contribution in [0.15, 0.2) is 24.3 Å². The van der Waals surface area contributed by atoms with Crippen molar-refractivity contribution in [3.8, 4) is 0 Å². The minimum atomic E-state index is -4.26. The number of hydrogen-bond acceptors (Lipinski definition) is 1. The molecular formula is C14H18F3NO. The zero-order chi connectivity index (χ0) is 14.1. The molecule has 1 amide bonds. The third-order valence-electron chi connectivity index (χ3n) is 2.90. The van der Waals surface area contributed by atoms with Gasteiger partial charge in [-0.2, -0.15) is 13.2 Å². The van der Waals surface area contributed by atoms with Gasteiger partial charge in [0.2, 0.25) is 6.41 Å². The van der Waals surface area contributed by atoms with E-state index in [4.69, 9.17) is 0 Å². The standard InChI is InChI=1S/C14H18F3NO/c15-14(16,17)13-8-6-12(7-9-13)5-3-1-2-4-10-18-11-19/h6-9,11H,1-5,10H2,(H,18,19). The van der Waals surface area contributed by atoms with E-state index in [1.165, 1.54) is 12.1 Å². The lowest BCUT2D eigenvalue weighted by Gasteiger charge is -2.07. The maximum Gasteiger partial charge on any atom is 0.416 e. The molecule has 106 valence electrons. The topological polar surface area (TPSA) is 29.1 Å². The van der Waals surface area contributed by atoms with E-state index in [2.05, 4.69) is 5.32 Å². The van der Waals surface area contributed by atoms with E-state index in [0.29, 0.717) is 13.0 Å². The average Bonchev–Trinajstić information content (AvgIpc) is 2.37. The molecule has 19 heavy (non-hydrogen) atoms. The fraction of sp³-hybridized carbons (Fsp3) is 0.500. The van der Waals surface area contributed by atoms with Gasteiger partial charge in [0.1, 0.15) is 0 Å². The third-order valence-corrected chi connectivity index (χ3v) is 2.90. The molecule has 1 aromatic carbocycles. The van der Waals surface area contributed by atoms with Gasteiger partial charge in [-0.3, -0.25) is 4.79 Å². The van der Waals surface area contributed by atoms with Crippen LogP contribution in [-0.4, -0.2) is 13.0 Å². The SMILES string of the molecule is O=CNCCCCCCc1ccc(C(F)(F)F)cc1. The van der Waals surface area contributed by atoms with Gasteiger partial charge in [-0.25, -0.2) is 0 Å². The predicted octanol–water partition coefficient (Wildman–Crippen LogP) is 3.55. The molecule has 0 fully saturated rings. The van der Waals surface area contributed by atoms with Crippen LogP contribution in [0.25, 0.3) is 0 Å². The first-order valence-electron chi connectivity index (χ1n) is 6.37. The molecule has 1 N–H and O–H groups in total. The average molecular weight is 273 g/mol. The lowest BCUT2D eigenvalue weighted by molar-refractivity contribution is -0.137. The molecule has 0 aliphatic heterocycles. The minimum Gasteiger partial charge on any atom is -0.359 e. The summed E-state index contributed by atoms with van der Waals surface area (Å²) in [5, 5.41) is 2.59. The molecule has 0 atom stereocenters. The van der Waals surface area contributed by atoms with Crippen LogP contribution >= 0.6 is 0 Å². The second-order valence-corrected chi connectivity index (χ2v) is 4.43. The summed E-state index contributed by atoms with van der Waals surface area (Å²) < 4.78 is 37.0. The van der Waals surface area contributed by atoms with E-state index in [1.54, 1.807) is 0 Å². The first kappa shape index (κ1) is 15.5. The van der Waals surface area contributed by atoms with Crippen LogP contribution in [-0.2, 0) is 17.4 Å². The van der Waals surface area contributed by atoms with E-state index in [1.807, 2.05) is 0 Å². The van der Waals surface area contributed by atoms with Crippen molar-refractivity contribution in [2.24, 2.45) is 0 Å². The van der Waals surface area contributed by atoms with Crippen LogP contribution in [0.1, 0.15) is 36.8 Å². The van der Waals surface area contributed by atoms with Gasteiger partial charge in [-0.05, 0) is 37.0 Å². The van der Waals surface area contributed by atoms with Crippen molar-refractivity contribution < 1.29 is 18.0 Å². The fourth-order valence-electron chi connectivity index (χ4n) is 1.83. The van der Waals surface area contributed by atoms with Crippen molar-refractivity contribution in [2.45, 2.75) is 38.3 Å². The number of unbranched alkanes of at least 4 members (excludes halogenated alkanes) is 3. The molecule has 2 nitrogen and oxygen atoms in total. The summed E-state index contributed by atoms with van der Waals surface area (Å²) in [7, 11) is 0. The predicted molar refractivity (Wildman–Crippen MR) is 67.7 cm³/mol. The monoisotopic (exact) mass is 273 g/mol. The molecule has 1 aromatic rings. The van der Waals surface area contributed by atoms with Crippen molar-refractivity contribution in [2.75, 3.05) is 6.54 Å². The summed E-state index contributed by atoms with van der Waals surface area (Å²) in [6.45, 7) is 0.684. The Morgan fingerprint density at radius 1 is 1.00 bits per heavy atom. The lowest BCUT2D eigenvalue weighted by Crippen LogP contribution is -2.11. The summed E-state index contributed by atoms with van der Waals surface area (Å²) in [5.41, 5.74) is 0.329. The van der Waals surface area contributed by atoms with Crippen molar-refractivity contribution in [1.29, 1.82) is 0 Å². The molecule has 0 saturated heterocycles. The Hall–Kier alpha value is -1.52. The number of benzene rings is 1. The summed E-state index contributed by atoms with van der Waals surface area (Å²) in [4.78, 5) is 9.99. The maximum atomic E-state index is 12.3. The first-order valence-corrected chi connectivity index (χ1v) is 6.37. The van der Waals surface area contributed by atoms with Crippen molar-refractivity contribution in [3.05, 3.63) is 35.4 Å². The van der Waals surface area contributed by atoms with Gasteiger partial charge in [-0.1, -0.05) is 25.0 Å². The van der Waals surface area contributed by atoms with Gasteiger partial charge in [-0.15, -0.1) is 0 Å². The molecular weight excluding hydrogens is 255 g/mol. The Labute approximate surface area is 111 Å². The molecule has 0 bridgehead atoms. The molecule has 0 unspecified atom stereocenters. The number of hydrogen-bond donors (Lipinski definition) is 1. The molecule has 0 aliphatic carbocycles. The van der Waals surface area contributed by atoms with Crippen molar-refractivity contribution >= 4 is 6.41 Å². The van der Waals surface area contributed by atoms with E-state index in [9.17, 15) is 18.0 Å². The van der Waals surface area contributed by atoms with Crippen LogP contribution < -0.4 is 5.32 Å². The van der Waals surface area contributed by atoms with Crippen LogP contribution in [0.3, 0.4) is 0 Å². The van der Waals surface area contributed by atoms with Gasteiger partial charge in [0.15, 0.2) is 0 Å². The molecule has 0 saturated carbocycles. The number of halogens is 3. The molecule has 0 radical (unpaired) electrons. The largest absolute Gasteiger partial charge is 0.416 e. The molecule has 0 aromatic heterocycles. The van der Waals surface area contributed by atoms with Gasteiger partial charge in [0.05, 0.1) is 5.56 Å². The van der Waals surface area contributed by atoms with E-state index >= 15 is 0 Å². The van der Waals surface area contributed by atoms with Gasteiger partial charge < -0.3 is 5.32 Å².